The molecular formula is C19H20O2. The topological polar surface area (TPSA) is 37.3 Å². The van der Waals surface area contributed by atoms with Crippen LogP contribution < -0.4 is 0 Å². The van der Waals surface area contributed by atoms with Crippen LogP contribution in [0.15, 0.2) is 48.5 Å². The molecule has 0 unspecified atom stereocenters. The number of carbonyl (C=O) groups is 1. The lowest BCUT2D eigenvalue weighted by molar-refractivity contribution is 0.0697. The Kier molecular flexibility index (Phi) is 4.05. The van der Waals surface area contributed by atoms with Crippen LogP contribution in [0.1, 0.15) is 53.9 Å². The van der Waals surface area contributed by atoms with Gasteiger partial charge in [-0.3, -0.25) is 0 Å². The minimum Gasteiger partial charge on any atom is -0.478 e. The summed E-state index contributed by atoms with van der Waals surface area (Å²) in [7, 11) is 0. The van der Waals surface area contributed by atoms with E-state index in [1.807, 2.05) is 36.4 Å². The number of hydrogen-bond donors (Lipinski definition) is 1. The van der Waals surface area contributed by atoms with Crippen molar-refractivity contribution < 1.29 is 9.90 Å². The second-order valence-electron chi connectivity index (χ2n) is 5.78. The Bertz CT molecular complexity index is 625. The summed E-state index contributed by atoms with van der Waals surface area (Å²) in [6, 6.07) is 15.6. The lowest BCUT2D eigenvalue weighted by atomic mass is 9.79. The molecule has 2 heteroatoms. The quantitative estimate of drug-likeness (QED) is 0.849. The molecule has 3 rings (SSSR count). The average molecular weight is 280 g/mol. The number of benzene rings is 2. The fourth-order valence-electron chi connectivity index (χ4n) is 3.43. The van der Waals surface area contributed by atoms with E-state index in [1.165, 1.54) is 37.7 Å². The van der Waals surface area contributed by atoms with Crippen LogP contribution in [0.4, 0.5) is 0 Å². The van der Waals surface area contributed by atoms with Gasteiger partial charge in [-0.15, -0.1) is 0 Å². The molecule has 0 amide bonds. The van der Waals surface area contributed by atoms with E-state index < -0.39 is 5.97 Å². The zero-order valence-electron chi connectivity index (χ0n) is 12.1. The predicted molar refractivity (Wildman–Crippen MR) is 84.7 cm³/mol. The molecule has 0 aliphatic heterocycles. The molecule has 0 atom stereocenters. The highest BCUT2D eigenvalue weighted by molar-refractivity contribution is 5.97. The first-order valence-electron chi connectivity index (χ1n) is 7.69. The third kappa shape index (κ3) is 2.85. The maximum Gasteiger partial charge on any atom is 0.336 e. The third-order valence-electron chi connectivity index (χ3n) is 4.43. The van der Waals surface area contributed by atoms with Gasteiger partial charge in [-0.05, 0) is 41.5 Å². The van der Waals surface area contributed by atoms with Gasteiger partial charge < -0.3 is 5.11 Å². The Labute approximate surface area is 125 Å². The fourth-order valence-corrected chi connectivity index (χ4v) is 3.43. The van der Waals surface area contributed by atoms with Crippen LogP contribution in [-0.4, -0.2) is 11.1 Å². The summed E-state index contributed by atoms with van der Waals surface area (Å²) < 4.78 is 0. The number of rotatable bonds is 3. The van der Waals surface area contributed by atoms with E-state index in [2.05, 4.69) is 6.07 Å². The Morgan fingerprint density at radius 2 is 1.62 bits per heavy atom. The van der Waals surface area contributed by atoms with E-state index in [4.69, 9.17) is 0 Å². The summed E-state index contributed by atoms with van der Waals surface area (Å²) in [5.74, 6) is -0.347. The molecule has 0 aromatic heterocycles. The van der Waals surface area contributed by atoms with Gasteiger partial charge in [-0.25, -0.2) is 4.79 Å². The lowest BCUT2D eigenvalue weighted by Gasteiger charge is -2.25. The molecule has 0 radical (unpaired) electrons. The van der Waals surface area contributed by atoms with Crippen molar-refractivity contribution in [2.45, 2.75) is 38.0 Å². The summed E-state index contributed by atoms with van der Waals surface area (Å²) in [4.78, 5) is 11.6. The molecule has 1 aliphatic carbocycles. The normalized spacial score (nSPS) is 15.8. The molecule has 1 fully saturated rings. The van der Waals surface area contributed by atoms with Crippen LogP contribution in [0.2, 0.25) is 0 Å². The summed E-state index contributed by atoms with van der Waals surface area (Å²) in [5.41, 5.74) is 3.55. The van der Waals surface area contributed by atoms with Crippen LogP contribution in [0.3, 0.4) is 0 Å². The minimum atomic E-state index is -0.841. The van der Waals surface area contributed by atoms with Crippen LogP contribution in [0.5, 0.6) is 0 Å². The van der Waals surface area contributed by atoms with Gasteiger partial charge in [0, 0.05) is 0 Å². The van der Waals surface area contributed by atoms with Crippen molar-refractivity contribution in [1.82, 2.24) is 0 Å². The molecule has 0 spiro atoms. The Morgan fingerprint density at radius 1 is 0.905 bits per heavy atom. The van der Waals surface area contributed by atoms with Crippen LogP contribution in [0.25, 0.3) is 11.1 Å². The Morgan fingerprint density at radius 3 is 2.29 bits per heavy atom. The SMILES string of the molecule is O=C(O)c1cccc(C2CCCCC2)c1-c1ccccc1. The molecule has 108 valence electrons. The minimum absolute atomic E-state index is 0.421. The maximum atomic E-state index is 11.6. The van der Waals surface area contributed by atoms with E-state index in [0.717, 1.165) is 11.1 Å². The molecule has 2 aromatic carbocycles. The van der Waals surface area contributed by atoms with Gasteiger partial charge in [0.25, 0.3) is 0 Å². The molecule has 1 N–H and O–H groups in total. The summed E-state index contributed by atoms with van der Waals surface area (Å²) in [6.45, 7) is 0. The first-order valence-corrected chi connectivity index (χ1v) is 7.69. The number of carboxylic acid groups (broad SMARTS) is 1. The van der Waals surface area contributed by atoms with Crippen molar-refractivity contribution in [3.63, 3.8) is 0 Å². The van der Waals surface area contributed by atoms with E-state index >= 15 is 0 Å². The molecule has 21 heavy (non-hydrogen) atoms. The van der Waals surface area contributed by atoms with Crippen molar-refractivity contribution in [2.75, 3.05) is 0 Å². The van der Waals surface area contributed by atoms with Gasteiger partial charge in [0.05, 0.1) is 5.56 Å². The Hall–Kier alpha value is -2.09. The fraction of sp³-hybridized carbons (Fsp3) is 0.316. The van der Waals surface area contributed by atoms with Gasteiger partial charge in [-0.2, -0.15) is 0 Å². The monoisotopic (exact) mass is 280 g/mol. The zero-order chi connectivity index (χ0) is 14.7. The average Bonchev–Trinajstić information content (AvgIpc) is 2.55. The largest absolute Gasteiger partial charge is 0.478 e. The van der Waals surface area contributed by atoms with Crippen molar-refractivity contribution in [1.29, 1.82) is 0 Å². The zero-order valence-corrected chi connectivity index (χ0v) is 12.1. The van der Waals surface area contributed by atoms with Gasteiger partial charge >= 0.3 is 5.97 Å². The van der Waals surface area contributed by atoms with Crippen LogP contribution in [0, 0.1) is 0 Å². The van der Waals surface area contributed by atoms with Gasteiger partial charge in [-0.1, -0.05) is 61.7 Å². The smallest absolute Gasteiger partial charge is 0.336 e. The molecule has 0 heterocycles. The highest BCUT2D eigenvalue weighted by Gasteiger charge is 2.22. The number of carboxylic acids is 1. The van der Waals surface area contributed by atoms with Crippen molar-refractivity contribution in [3.05, 3.63) is 59.7 Å². The molecule has 2 nitrogen and oxygen atoms in total. The molecule has 0 bridgehead atoms. The molecule has 0 saturated heterocycles. The van der Waals surface area contributed by atoms with Gasteiger partial charge in [0.1, 0.15) is 0 Å². The lowest BCUT2D eigenvalue weighted by Crippen LogP contribution is -2.09. The summed E-state index contributed by atoms with van der Waals surface area (Å²) in [6.07, 6.45) is 6.13. The maximum absolute atomic E-state index is 11.6. The first kappa shape index (κ1) is 13.9. The summed E-state index contributed by atoms with van der Waals surface area (Å²) >= 11 is 0. The van der Waals surface area contributed by atoms with E-state index in [0.29, 0.717) is 11.5 Å². The Balaban J connectivity index is 2.15. The molecular weight excluding hydrogens is 260 g/mol. The summed E-state index contributed by atoms with van der Waals surface area (Å²) in [5, 5.41) is 9.55. The van der Waals surface area contributed by atoms with Crippen molar-refractivity contribution in [2.24, 2.45) is 0 Å². The third-order valence-corrected chi connectivity index (χ3v) is 4.43. The first-order chi connectivity index (χ1) is 10.3. The van der Waals surface area contributed by atoms with E-state index in [-0.39, 0.29) is 0 Å². The second kappa shape index (κ2) is 6.13. The standard InChI is InChI=1S/C19H20O2/c20-19(21)17-13-7-12-16(14-8-3-1-4-9-14)18(17)15-10-5-2-6-11-15/h2,5-7,10-14H,1,3-4,8-9H2,(H,20,21). The molecule has 2 aromatic rings. The van der Waals surface area contributed by atoms with Crippen molar-refractivity contribution in [3.8, 4) is 11.1 Å². The van der Waals surface area contributed by atoms with E-state index in [1.54, 1.807) is 6.07 Å². The van der Waals surface area contributed by atoms with Crippen LogP contribution in [-0.2, 0) is 0 Å². The highest BCUT2D eigenvalue weighted by Crippen LogP contribution is 2.39. The molecule has 1 aliphatic rings. The highest BCUT2D eigenvalue weighted by atomic mass is 16.4. The predicted octanol–water partition coefficient (Wildman–Crippen LogP) is 5.10. The van der Waals surface area contributed by atoms with Crippen LogP contribution >= 0.6 is 0 Å². The second-order valence-corrected chi connectivity index (χ2v) is 5.78. The van der Waals surface area contributed by atoms with Gasteiger partial charge in [0.2, 0.25) is 0 Å². The van der Waals surface area contributed by atoms with Crippen molar-refractivity contribution >= 4 is 5.97 Å². The van der Waals surface area contributed by atoms with Gasteiger partial charge in [0.15, 0.2) is 0 Å². The van der Waals surface area contributed by atoms with E-state index in [9.17, 15) is 9.90 Å². The number of hydrogen-bond acceptors (Lipinski definition) is 1. The molecule has 1 saturated carbocycles. The number of aromatic carboxylic acids is 1.